The van der Waals surface area contributed by atoms with E-state index in [4.69, 9.17) is 15.4 Å². The molecule has 1 amide bonds. The molecule has 0 fully saturated rings. The van der Waals surface area contributed by atoms with Crippen molar-refractivity contribution in [3.63, 3.8) is 0 Å². The van der Waals surface area contributed by atoms with Crippen molar-refractivity contribution in [1.29, 1.82) is 0 Å². The van der Waals surface area contributed by atoms with Crippen LogP contribution in [0.25, 0.3) is 10.4 Å². The standard InChI is InChI=1S/C10H18N4O4/c1-8(9(15)16)4-2-3-5-12-10(17)18-7-6-13-14-11/h8H,2-7H2,1H3,(H,12,17)(H,15,16)/t8-/m0/s1. The first-order chi connectivity index (χ1) is 8.57. The summed E-state index contributed by atoms with van der Waals surface area (Å²) in [5, 5.41) is 14.4. The number of amides is 1. The number of azide groups is 1. The Morgan fingerprint density at radius 3 is 2.83 bits per heavy atom. The quantitative estimate of drug-likeness (QED) is 0.283. The van der Waals surface area contributed by atoms with Gasteiger partial charge >= 0.3 is 12.1 Å². The van der Waals surface area contributed by atoms with Gasteiger partial charge in [0.05, 0.1) is 19.1 Å². The number of rotatable bonds is 9. The van der Waals surface area contributed by atoms with Gasteiger partial charge in [-0.2, -0.15) is 0 Å². The molecule has 8 nitrogen and oxygen atoms in total. The van der Waals surface area contributed by atoms with Crippen molar-refractivity contribution >= 4 is 12.1 Å². The molecule has 0 spiro atoms. The number of carbonyl (C=O) groups excluding carboxylic acids is 1. The number of hydrogen-bond donors (Lipinski definition) is 2. The van der Waals surface area contributed by atoms with Gasteiger partial charge in [-0.25, -0.2) is 4.79 Å². The van der Waals surface area contributed by atoms with Crippen molar-refractivity contribution in [1.82, 2.24) is 5.32 Å². The zero-order valence-electron chi connectivity index (χ0n) is 10.3. The molecular formula is C10H18N4O4. The Labute approximate surface area is 105 Å². The highest BCUT2D eigenvalue weighted by atomic mass is 16.5. The number of nitrogens with zero attached hydrogens (tertiary/aromatic N) is 3. The number of ether oxygens (including phenoxy) is 1. The largest absolute Gasteiger partial charge is 0.481 e. The number of nitrogens with one attached hydrogen (secondary N) is 1. The van der Waals surface area contributed by atoms with Crippen LogP contribution < -0.4 is 5.32 Å². The SMILES string of the molecule is C[C@@H](CCCCNC(=O)OCCN=[N+]=[N-])C(=O)O. The highest BCUT2D eigenvalue weighted by Crippen LogP contribution is 2.06. The summed E-state index contributed by atoms with van der Waals surface area (Å²) in [6.07, 6.45) is 1.45. The van der Waals surface area contributed by atoms with Crippen LogP contribution in [0.3, 0.4) is 0 Å². The van der Waals surface area contributed by atoms with Gasteiger partial charge in [0.2, 0.25) is 0 Å². The number of carbonyl (C=O) groups is 2. The van der Waals surface area contributed by atoms with Gasteiger partial charge in [0.25, 0.3) is 0 Å². The van der Waals surface area contributed by atoms with Crippen molar-refractivity contribution in [3.05, 3.63) is 10.4 Å². The number of alkyl carbamates (subject to hydrolysis) is 1. The summed E-state index contributed by atoms with van der Waals surface area (Å²) in [5.74, 6) is -1.17. The fourth-order valence-electron chi connectivity index (χ4n) is 1.16. The van der Waals surface area contributed by atoms with Crippen LogP contribution in [0.5, 0.6) is 0 Å². The van der Waals surface area contributed by atoms with E-state index in [9.17, 15) is 9.59 Å². The monoisotopic (exact) mass is 258 g/mol. The molecule has 0 aliphatic carbocycles. The first-order valence-corrected chi connectivity index (χ1v) is 5.72. The lowest BCUT2D eigenvalue weighted by Gasteiger charge is -2.07. The first-order valence-electron chi connectivity index (χ1n) is 5.72. The maximum atomic E-state index is 11.0. The number of unbranched alkanes of at least 4 members (excludes halogenated alkanes) is 1. The van der Waals surface area contributed by atoms with E-state index in [1.807, 2.05) is 0 Å². The molecule has 0 unspecified atom stereocenters. The zero-order valence-corrected chi connectivity index (χ0v) is 10.3. The Kier molecular flexibility index (Phi) is 9.11. The Hall–Kier alpha value is -1.95. The van der Waals surface area contributed by atoms with Crippen molar-refractivity contribution < 1.29 is 19.4 Å². The normalized spacial score (nSPS) is 11.2. The third-order valence-corrected chi connectivity index (χ3v) is 2.24. The Bertz CT molecular complexity index is 315. The molecule has 0 aliphatic heterocycles. The van der Waals surface area contributed by atoms with Crippen molar-refractivity contribution in [2.24, 2.45) is 11.0 Å². The second-order valence-corrected chi connectivity index (χ2v) is 3.75. The van der Waals surface area contributed by atoms with E-state index in [-0.39, 0.29) is 19.1 Å². The van der Waals surface area contributed by atoms with Crippen LogP contribution in [0.1, 0.15) is 26.2 Å². The number of hydrogen-bond acceptors (Lipinski definition) is 4. The summed E-state index contributed by atoms with van der Waals surface area (Å²) in [6, 6.07) is 0. The molecule has 0 heterocycles. The third kappa shape index (κ3) is 9.29. The van der Waals surface area contributed by atoms with Gasteiger partial charge in [0, 0.05) is 11.5 Å². The van der Waals surface area contributed by atoms with Crippen LogP contribution in [0.4, 0.5) is 4.79 Å². The second-order valence-electron chi connectivity index (χ2n) is 3.75. The van der Waals surface area contributed by atoms with Gasteiger partial charge in [-0.15, -0.1) is 0 Å². The summed E-state index contributed by atoms with van der Waals surface area (Å²) >= 11 is 0. The summed E-state index contributed by atoms with van der Waals surface area (Å²) in [4.78, 5) is 24.1. The van der Waals surface area contributed by atoms with Gasteiger partial charge in [-0.05, 0) is 18.4 Å². The minimum atomic E-state index is -0.805. The molecule has 1 atom stereocenters. The van der Waals surface area contributed by atoms with Gasteiger partial charge in [-0.3, -0.25) is 4.79 Å². The molecule has 8 heteroatoms. The number of carboxylic acid groups (broad SMARTS) is 1. The van der Waals surface area contributed by atoms with Crippen LogP contribution >= 0.6 is 0 Å². The fraction of sp³-hybridized carbons (Fsp3) is 0.800. The Morgan fingerprint density at radius 2 is 2.22 bits per heavy atom. The van der Waals surface area contributed by atoms with Crippen LogP contribution in [-0.2, 0) is 9.53 Å². The number of aliphatic carboxylic acids is 1. The molecule has 0 aromatic rings. The molecule has 0 aliphatic rings. The summed E-state index contributed by atoms with van der Waals surface area (Å²) in [7, 11) is 0. The average molecular weight is 258 g/mol. The molecule has 0 saturated carbocycles. The van der Waals surface area contributed by atoms with Gasteiger partial charge in [-0.1, -0.05) is 18.5 Å². The predicted octanol–water partition coefficient (Wildman–Crippen LogP) is 1.91. The molecule has 0 saturated heterocycles. The topological polar surface area (TPSA) is 124 Å². The molecule has 18 heavy (non-hydrogen) atoms. The van der Waals surface area contributed by atoms with E-state index >= 15 is 0 Å². The maximum absolute atomic E-state index is 11.0. The highest BCUT2D eigenvalue weighted by Gasteiger charge is 2.09. The van der Waals surface area contributed by atoms with E-state index < -0.39 is 12.1 Å². The Balaban J connectivity index is 3.40. The predicted molar refractivity (Wildman–Crippen MR) is 64.0 cm³/mol. The van der Waals surface area contributed by atoms with Crippen LogP contribution in [0.2, 0.25) is 0 Å². The molecule has 0 bridgehead atoms. The van der Waals surface area contributed by atoms with E-state index in [0.29, 0.717) is 19.4 Å². The fourth-order valence-corrected chi connectivity index (χ4v) is 1.16. The molecule has 102 valence electrons. The van der Waals surface area contributed by atoms with E-state index in [0.717, 1.165) is 6.42 Å². The van der Waals surface area contributed by atoms with Crippen LogP contribution in [0.15, 0.2) is 5.11 Å². The molecular weight excluding hydrogens is 240 g/mol. The molecule has 0 rings (SSSR count). The maximum Gasteiger partial charge on any atom is 0.407 e. The average Bonchev–Trinajstić information content (AvgIpc) is 2.33. The van der Waals surface area contributed by atoms with Gasteiger partial charge < -0.3 is 15.2 Å². The highest BCUT2D eigenvalue weighted by molar-refractivity contribution is 5.69. The third-order valence-electron chi connectivity index (χ3n) is 2.24. The van der Waals surface area contributed by atoms with Crippen LogP contribution in [-0.4, -0.2) is 36.9 Å². The molecule has 0 aromatic heterocycles. The first kappa shape index (κ1) is 16.1. The zero-order chi connectivity index (χ0) is 13.8. The van der Waals surface area contributed by atoms with Crippen molar-refractivity contribution in [2.75, 3.05) is 19.7 Å². The second kappa shape index (κ2) is 10.2. The van der Waals surface area contributed by atoms with E-state index in [1.54, 1.807) is 6.92 Å². The van der Waals surface area contributed by atoms with E-state index in [1.165, 1.54) is 0 Å². The smallest absolute Gasteiger partial charge is 0.407 e. The van der Waals surface area contributed by atoms with Gasteiger partial charge in [0.1, 0.15) is 0 Å². The molecule has 0 aromatic carbocycles. The summed E-state index contributed by atoms with van der Waals surface area (Å²) in [6.45, 7) is 2.25. The minimum Gasteiger partial charge on any atom is -0.481 e. The van der Waals surface area contributed by atoms with Crippen molar-refractivity contribution in [2.45, 2.75) is 26.2 Å². The lowest BCUT2D eigenvalue weighted by molar-refractivity contribution is -0.141. The molecule has 0 radical (unpaired) electrons. The minimum absolute atomic E-state index is 0.0476. The summed E-state index contributed by atoms with van der Waals surface area (Å²) in [5.41, 5.74) is 7.98. The lowest BCUT2D eigenvalue weighted by atomic mass is 10.0. The Morgan fingerprint density at radius 1 is 1.50 bits per heavy atom. The lowest BCUT2D eigenvalue weighted by Crippen LogP contribution is -2.26. The van der Waals surface area contributed by atoms with Crippen LogP contribution in [0, 0.1) is 5.92 Å². The van der Waals surface area contributed by atoms with Gasteiger partial charge in [0.15, 0.2) is 0 Å². The summed E-state index contributed by atoms with van der Waals surface area (Å²) < 4.78 is 4.70. The van der Waals surface area contributed by atoms with E-state index in [2.05, 4.69) is 15.3 Å². The van der Waals surface area contributed by atoms with Crippen molar-refractivity contribution in [3.8, 4) is 0 Å². The molecule has 2 N–H and O–H groups in total. The number of carboxylic acids is 1.